The van der Waals surface area contributed by atoms with Gasteiger partial charge in [0.1, 0.15) is 0 Å². The van der Waals surface area contributed by atoms with E-state index < -0.39 is 17.7 Å². The van der Waals surface area contributed by atoms with E-state index in [2.05, 4.69) is 13.2 Å². The normalized spacial score (nSPS) is 12.9. The quantitative estimate of drug-likeness (QED) is 0.387. The van der Waals surface area contributed by atoms with E-state index in [0.29, 0.717) is 0 Å². The lowest BCUT2D eigenvalue weighted by molar-refractivity contribution is -0.132. The molecule has 0 amide bonds. The second kappa shape index (κ2) is 6.74. The van der Waals surface area contributed by atoms with E-state index in [9.17, 15) is 9.59 Å². The lowest BCUT2D eigenvalue weighted by Crippen LogP contribution is -2.26. The minimum atomic E-state index is -1.64. The molecule has 1 N–H and O–H groups in total. The van der Waals surface area contributed by atoms with Crippen LogP contribution in [0.1, 0.15) is 0 Å². The molecule has 0 saturated carbocycles. The fourth-order valence-electron chi connectivity index (χ4n) is 0.648. The van der Waals surface area contributed by atoms with E-state index in [4.69, 9.17) is 5.11 Å². The van der Waals surface area contributed by atoms with Gasteiger partial charge in [-0.1, -0.05) is 37.5 Å². The second-order valence-electron chi connectivity index (χ2n) is 2.40. The van der Waals surface area contributed by atoms with E-state index >= 15 is 0 Å². The van der Waals surface area contributed by atoms with Gasteiger partial charge in [0, 0.05) is 0 Å². The van der Waals surface area contributed by atoms with Crippen molar-refractivity contribution in [1.29, 1.82) is 0 Å². The largest absolute Gasteiger partial charge is 0.377 e. The highest BCUT2D eigenvalue weighted by atomic mass is 16.3. The predicted octanol–water partition coefficient (Wildman–Crippen LogP) is 0.970. The van der Waals surface area contributed by atoms with Crippen LogP contribution in [0.2, 0.25) is 0 Å². The number of aliphatic hydroxyl groups excluding tert-OH is 1. The standard InChI is InChI=1S/C11H12O3/c1-3-5-7-9(12)11(14)10(13)8-6-4-2/h3-8,11,14H,1-2H2. The molecule has 0 aromatic rings. The van der Waals surface area contributed by atoms with Crippen LogP contribution in [0.5, 0.6) is 0 Å². The zero-order chi connectivity index (χ0) is 11.0. The van der Waals surface area contributed by atoms with E-state index in [1.807, 2.05) is 0 Å². The van der Waals surface area contributed by atoms with Crippen LogP contribution in [0.25, 0.3) is 0 Å². The van der Waals surface area contributed by atoms with Crippen molar-refractivity contribution in [2.45, 2.75) is 6.10 Å². The molecular weight excluding hydrogens is 180 g/mol. The van der Waals surface area contributed by atoms with E-state index in [1.54, 1.807) is 0 Å². The fourth-order valence-corrected chi connectivity index (χ4v) is 0.648. The van der Waals surface area contributed by atoms with Crippen LogP contribution >= 0.6 is 0 Å². The third-order valence-corrected chi connectivity index (χ3v) is 1.33. The van der Waals surface area contributed by atoms with Gasteiger partial charge in [-0.2, -0.15) is 0 Å². The summed E-state index contributed by atoms with van der Waals surface area (Å²) in [5, 5.41) is 9.17. The molecule has 0 atom stereocenters. The van der Waals surface area contributed by atoms with E-state index in [1.165, 1.54) is 24.3 Å². The summed E-state index contributed by atoms with van der Waals surface area (Å²) in [5.74, 6) is -1.33. The number of carbonyl (C=O) groups excluding carboxylic acids is 2. The van der Waals surface area contributed by atoms with Gasteiger partial charge in [-0.25, -0.2) is 0 Å². The van der Waals surface area contributed by atoms with Crippen LogP contribution in [-0.2, 0) is 9.59 Å². The highest BCUT2D eigenvalue weighted by Gasteiger charge is 2.18. The molecule has 0 aliphatic rings. The molecule has 14 heavy (non-hydrogen) atoms. The Morgan fingerprint density at radius 2 is 1.36 bits per heavy atom. The highest BCUT2D eigenvalue weighted by molar-refractivity contribution is 6.13. The molecule has 74 valence electrons. The van der Waals surface area contributed by atoms with Crippen LogP contribution in [-0.4, -0.2) is 22.8 Å². The van der Waals surface area contributed by atoms with Gasteiger partial charge in [-0.05, 0) is 12.2 Å². The van der Waals surface area contributed by atoms with Crippen LogP contribution in [0.15, 0.2) is 49.6 Å². The van der Waals surface area contributed by atoms with E-state index in [-0.39, 0.29) is 0 Å². The Labute approximate surface area is 82.7 Å². The monoisotopic (exact) mass is 192 g/mol. The zero-order valence-corrected chi connectivity index (χ0v) is 7.72. The molecule has 0 aromatic carbocycles. The number of carbonyl (C=O) groups is 2. The number of hydrogen-bond acceptors (Lipinski definition) is 3. The van der Waals surface area contributed by atoms with Crippen molar-refractivity contribution in [3.05, 3.63) is 49.6 Å². The fraction of sp³-hybridized carbons (Fsp3) is 0.0909. The molecule has 0 aromatic heterocycles. The summed E-state index contributed by atoms with van der Waals surface area (Å²) in [4.78, 5) is 22.1. The van der Waals surface area contributed by atoms with Crippen molar-refractivity contribution in [2.24, 2.45) is 0 Å². The second-order valence-corrected chi connectivity index (χ2v) is 2.40. The average Bonchev–Trinajstić information content (AvgIpc) is 2.21. The summed E-state index contributed by atoms with van der Waals surface area (Å²) >= 11 is 0. The van der Waals surface area contributed by atoms with Crippen LogP contribution in [0.4, 0.5) is 0 Å². The molecule has 0 aliphatic heterocycles. The van der Waals surface area contributed by atoms with Gasteiger partial charge in [0.15, 0.2) is 17.7 Å². The molecule has 3 nitrogen and oxygen atoms in total. The van der Waals surface area contributed by atoms with Gasteiger partial charge < -0.3 is 5.11 Å². The van der Waals surface area contributed by atoms with Gasteiger partial charge in [0.2, 0.25) is 0 Å². The molecule has 0 saturated heterocycles. The number of aliphatic hydroxyl groups is 1. The van der Waals surface area contributed by atoms with E-state index in [0.717, 1.165) is 12.2 Å². The Kier molecular flexibility index (Phi) is 5.90. The third kappa shape index (κ3) is 4.33. The predicted molar refractivity (Wildman–Crippen MR) is 54.7 cm³/mol. The first kappa shape index (κ1) is 12.3. The smallest absolute Gasteiger partial charge is 0.192 e. The molecular formula is C11H12O3. The lowest BCUT2D eigenvalue weighted by atomic mass is 10.1. The molecule has 3 heteroatoms. The first-order chi connectivity index (χ1) is 6.63. The molecule has 0 unspecified atom stereocenters. The Morgan fingerprint density at radius 1 is 1.00 bits per heavy atom. The molecule has 0 aliphatic carbocycles. The minimum absolute atomic E-state index is 0.663. The zero-order valence-electron chi connectivity index (χ0n) is 7.72. The number of ketones is 2. The number of hydrogen-bond donors (Lipinski definition) is 1. The number of rotatable bonds is 6. The average molecular weight is 192 g/mol. The summed E-state index contributed by atoms with van der Waals surface area (Å²) in [6.45, 7) is 6.71. The highest BCUT2D eigenvalue weighted by Crippen LogP contribution is 1.93. The van der Waals surface area contributed by atoms with Crippen molar-refractivity contribution in [3.8, 4) is 0 Å². The summed E-state index contributed by atoms with van der Waals surface area (Å²) in [5.41, 5.74) is 0. The SMILES string of the molecule is C=CC=CC(=O)C(O)C(=O)C=CC=C. The van der Waals surface area contributed by atoms with Gasteiger partial charge >= 0.3 is 0 Å². The molecule has 0 spiro atoms. The molecule has 0 radical (unpaired) electrons. The first-order valence-electron chi connectivity index (χ1n) is 3.97. The van der Waals surface area contributed by atoms with Crippen LogP contribution in [0, 0.1) is 0 Å². The van der Waals surface area contributed by atoms with Crippen LogP contribution < -0.4 is 0 Å². The summed E-state index contributed by atoms with van der Waals surface area (Å²) in [6.07, 6.45) is 6.03. The molecule has 0 fully saturated rings. The van der Waals surface area contributed by atoms with Crippen molar-refractivity contribution in [3.63, 3.8) is 0 Å². The maximum absolute atomic E-state index is 11.0. The summed E-state index contributed by atoms with van der Waals surface area (Å²) in [7, 11) is 0. The molecule has 0 heterocycles. The van der Waals surface area contributed by atoms with Gasteiger partial charge in [0.25, 0.3) is 0 Å². The van der Waals surface area contributed by atoms with Crippen LogP contribution in [0.3, 0.4) is 0 Å². The number of allylic oxidation sites excluding steroid dienone is 4. The van der Waals surface area contributed by atoms with Crippen molar-refractivity contribution in [1.82, 2.24) is 0 Å². The minimum Gasteiger partial charge on any atom is -0.377 e. The topological polar surface area (TPSA) is 54.4 Å². The first-order valence-corrected chi connectivity index (χ1v) is 3.97. The maximum atomic E-state index is 11.0. The lowest BCUT2D eigenvalue weighted by Gasteiger charge is -2.00. The van der Waals surface area contributed by atoms with Crippen molar-refractivity contribution >= 4 is 11.6 Å². The van der Waals surface area contributed by atoms with Crippen molar-refractivity contribution < 1.29 is 14.7 Å². The molecule has 0 rings (SSSR count). The van der Waals surface area contributed by atoms with Gasteiger partial charge in [-0.15, -0.1) is 0 Å². The summed E-state index contributed by atoms with van der Waals surface area (Å²) in [6, 6.07) is 0. The summed E-state index contributed by atoms with van der Waals surface area (Å²) < 4.78 is 0. The Balaban J connectivity index is 4.38. The molecule has 0 bridgehead atoms. The van der Waals surface area contributed by atoms with Gasteiger partial charge in [-0.3, -0.25) is 9.59 Å². The Bertz CT molecular complexity index is 268. The van der Waals surface area contributed by atoms with Crippen molar-refractivity contribution in [2.75, 3.05) is 0 Å². The third-order valence-electron chi connectivity index (χ3n) is 1.33. The van der Waals surface area contributed by atoms with Gasteiger partial charge in [0.05, 0.1) is 0 Å². The maximum Gasteiger partial charge on any atom is 0.192 e. The Morgan fingerprint density at radius 3 is 1.64 bits per heavy atom. The Hall–Kier alpha value is -1.74.